The average molecular weight is 159 g/mol. The summed E-state index contributed by atoms with van der Waals surface area (Å²) in [6.07, 6.45) is 4.30. The largest absolute Gasteiger partial charge is 0.286 e. The van der Waals surface area contributed by atoms with E-state index >= 15 is 0 Å². The van der Waals surface area contributed by atoms with E-state index < -0.39 is 0 Å². The van der Waals surface area contributed by atoms with Gasteiger partial charge in [-0.25, -0.2) is 0 Å². The Labute approximate surface area is 73.1 Å². The normalized spacial score (nSPS) is 27.8. The Hall–Kier alpha value is -1.11. The minimum Gasteiger partial charge on any atom is -0.286 e. The SMILES string of the molecule is CC1(c2ccccc2)CCC=N1. The summed E-state index contributed by atoms with van der Waals surface area (Å²) in [6, 6.07) is 10.5. The van der Waals surface area contributed by atoms with Gasteiger partial charge in [0.05, 0.1) is 5.54 Å². The Morgan fingerprint density at radius 3 is 2.58 bits per heavy atom. The van der Waals surface area contributed by atoms with E-state index in [2.05, 4.69) is 36.2 Å². The van der Waals surface area contributed by atoms with Crippen LogP contribution in [-0.2, 0) is 5.54 Å². The summed E-state index contributed by atoms with van der Waals surface area (Å²) in [6.45, 7) is 2.20. The van der Waals surface area contributed by atoms with Crippen LogP contribution < -0.4 is 0 Å². The molecule has 1 atom stereocenters. The molecule has 1 heteroatoms. The molecule has 0 saturated heterocycles. The predicted molar refractivity (Wildman–Crippen MR) is 51.5 cm³/mol. The third-order valence-corrected chi connectivity index (χ3v) is 2.53. The predicted octanol–water partition coefficient (Wildman–Crippen LogP) is 2.77. The molecule has 0 spiro atoms. The minimum absolute atomic E-state index is 0.0568. The molecule has 1 heterocycles. The summed E-state index contributed by atoms with van der Waals surface area (Å²) in [5.41, 5.74) is 1.39. The zero-order valence-corrected chi connectivity index (χ0v) is 7.33. The van der Waals surface area contributed by atoms with E-state index in [1.54, 1.807) is 0 Å². The maximum atomic E-state index is 4.51. The van der Waals surface area contributed by atoms with Crippen LogP contribution in [0.25, 0.3) is 0 Å². The third-order valence-electron chi connectivity index (χ3n) is 2.53. The number of nitrogens with zero attached hydrogens (tertiary/aromatic N) is 1. The molecule has 0 aromatic heterocycles. The van der Waals surface area contributed by atoms with Crippen molar-refractivity contribution in [1.29, 1.82) is 0 Å². The second-order valence-corrected chi connectivity index (χ2v) is 3.49. The van der Waals surface area contributed by atoms with Crippen molar-refractivity contribution in [3.63, 3.8) is 0 Å². The molecule has 0 N–H and O–H groups in total. The topological polar surface area (TPSA) is 12.4 Å². The summed E-state index contributed by atoms with van der Waals surface area (Å²) in [7, 11) is 0. The quantitative estimate of drug-likeness (QED) is 0.597. The van der Waals surface area contributed by atoms with Crippen LogP contribution in [0.2, 0.25) is 0 Å². The highest BCUT2D eigenvalue weighted by molar-refractivity contribution is 5.61. The average Bonchev–Trinajstić information content (AvgIpc) is 2.55. The van der Waals surface area contributed by atoms with Crippen molar-refractivity contribution >= 4 is 6.21 Å². The number of benzene rings is 1. The summed E-state index contributed by atoms with van der Waals surface area (Å²) < 4.78 is 0. The van der Waals surface area contributed by atoms with Crippen LogP contribution in [0.1, 0.15) is 25.3 Å². The van der Waals surface area contributed by atoms with Crippen molar-refractivity contribution in [3.8, 4) is 0 Å². The van der Waals surface area contributed by atoms with Crippen LogP contribution in [0, 0.1) is 0 Å². The van der Waals surface area contributed by atoms with Gasteiger partial charge in [-0.1, -0.05) is 30.3 Å². The van der Waals surface area contributed by atoms with Gasteiger partial charge in [0.1, 0.15) is 0 Å². The monoisotopic (exact) mass is 159 g/mol. The molecule has 0 saturated carbocycles. The highest BCUT2D eigenvalue weighted by Gasteiger charge is 2.26. The summed E-state index contributed by atoms with van der Waals surface area (Å²) in [4.78, 5) is 4.51. The number of aliphatic imine (C=N–C) groups is 1. The van der Waals surface area contributed by atoms with Gasteiger partial charge in [-0.15, -0.1) is 0 Å². The molecule has 1 unspecified atom stereocenters. The molecule has 1 nitrogen and oxygen atoms in total. The van der Waals surface area contributed by atoms with Gasteiger partial charge in [0.15, 0.2) is 0 Å². The molecule has 1 aromatic rings. The molecule has 1 aliphatic rings. The van der Waals surface area contributed by atoms with Crippen LogP contribution in [0.3, 0.4) is 0 Å². The molecule has 0 radical (unpaired) electrons. The van der Waals surface area contributed by atoms with E-state index in [1.807, 2.05) is 12.3 Å². The van der Waals surface area contributed by atoms with Gasteiger partial charge in [-0.05, 0) is 31.5 Å². The van der Waals surface area contributed by atoms with Crippen LogP contribution in [0.5, 0.6) is 0 Å². The molecule has 2 rings (SSSR count). The van der Waals surface area contributed by atoms with Gasteiger partial charge >= 0.3 is 0 Å². The van der Waals surface area contributed by atoms with Gasteiger partial charge in [-0.3, -0.25) is 4.99 Å². The maximum Gasteiger partial charge on any atom is 0.0828 e. The van der Waals surface area contributed by atoms with Crippen LogP contribution in [-0.4, -0.2) is 6.21 Å². The molecule has 62 valence electrons. The lowest BCUT2D eigenvalue weighted by Crippen LogP contribution is -2.14. The first kappa shape index (κ1) is 7.53. The number of rotatable bonds is 1. The van der Waals surface area contributed by atoms with Crippen LogP contribution in [0.15, 0.2) is 35.3 Å². The van der Waals surface area contributed by atoms with E-state index in [-0.39, 0.29) is 5.54 Å². The summed E-state index contributed by atoms with van der Waals surface area (Å²) >= 11 is 0. The van der Waals surface area contributed by atoms with Crippen molar-refractivity contribution in [2.45, 2.75) is 25.3 Å². The van der Waals surface area contributed by atoms with Gasteiger partial charge in [-0.2, -0.15) is 0 Å². The van der Waals surface area contributed by atoms with Crippen molar-refractivity contribution in [1.82, 2.24) is 0 Å². The fourth-order valence-electron chi connectivity index (χ4n) is 1.69. The van der Waals surface area contributed by atoms with E-state index in [0.29, 0.717) is 0 Å². The first-order valence-electron chi connectivity index (χ1n) is 4.40. The van der Waals surface area contributed by atoms with E-state index in [0.717, 1.165) is 12.8 Å². The second kappa shape index (κ2) is 2.74. The van der Waals surface area contributed by atoms with Crippen LogP contribution >= 0.6 is 0 Å². The number of hydrogen-bond donors (Lipinski definition) is 0. The highest BCUT2D eigenvalue weighted by Crippen LogP contribution is 2.33. The molecule has 0 amide bonds. The molecular weight excluding hydrogens is 146 g/mol. The molecule has 12 heavy (non-hydrogen) atoms. The summed E-state index contributed by atoms with van der Waals surface area (Å²) in [5.74, 6) is 0. The standard InChI is InChI=1S/C11H13N/c1-11(8-5-9-12-11)10-6-3-2-4-7-10/h2-4,6-7,9H,5,8H2,1H3. The van der Waals surface area contributed by atoms with Gasteiger partial charge < -0.3 is 0 Å². The Bertz CT molecular complexity index is 289. The maximum absolute atomic E-state index is 4.51. The molecular formula is C11H13N. The van der Waals surface area contributed by atoms with Gasteiger partial charge in [0.2, 0.25) is 0 Å². The minimum atomic E-state index is 0.0568. The van der Waals surface area contributed by atoms with Crippen molar-refractivity contribution in [2.24, 2.45) is 4.99 Å². The van der Waals surface area contributed by atoms with Crippen molar-refractivity contribution in [2.75, 3.05) is 0 Å². The third kappa shape index (κ3) is 1.15. The fraction of sp³-hybridized carbons (Fsp3) is 0.364. The molecule has 1 aliphatic heterocycles. The first-order valence-corrected chi connectivity index (χ1v) is 4.40. The lowest BCUT2D eigenvalue weighted by molar-refractivity contribution is 0.497. The van der Waals surface area contributed by atoms with Crippen LogP contribution in [0.4, 0.5) is 0 Å². The lowest BCUT2D eigenvalue weighted by Gasteiger charge is -2.20. The van der Waals surface area contributed by atoms with E-state index in [4.69, 9.17) is 0 Å². The Balaban J connectivity index is 2.36. The number of hydrogen-bond acceptors (Lipinski definition) is 1. The fourth-order valence-corrected chi connectivity index (χ4v) is 1.69. The molecule has 0 bridgehead atoms. The van der Waals surface area contributed by atoms with Gasteiger partial charge in [0, 0.05) is 0 Å². The van der Waals surface area contributed by atoms with Crippen molar-refractivity contribution < 1.29 is 0 Å². The van der Waals surface area contributed by atoms with Crippen molar-refractivity contribution in [3.05, 3.63) is 35.9 Å². The second-order valence-electron chi connectivity index (χ2n) is 3.49. The zero-order valence-electron chi connectivity index (χ0n) is 7.33. The van der Waals surface area contributed by atoms with E-state index in [9.17, 15) is 0 Å². The molecule has 1 aromatic carbocycles. The molecule has 0 fully saturated rings. The van der Waals surface area contributed by atoms with E-state index in [1.165, 1.54) is 5.56 Å². The lowest BCUT2D eigenvalue weighted by atomic mass is 9.90. The smallest absolute Gasteiger partial charge is 0.0828 e. The summed E-state index contributed by atoms with van der Waals surface area (Å²) in [5, 5.41) is 0. The zero-order chi connectivity index (χ0) is 8.44. The molecule has 0 aliphatic carbocycles. The van der Waals surface area contributed by atoms with Gasteiger partial charge in [0.25, 0.3) is 0 Å². The highest BCUT2D eigenvalue weighted by atomic mass is 14.9. The first-order chi connectivity index (χ1) is 5.81. The Morgan fingerprint density at radius 2 is 2.00 bits per heavy atom. The Morgan fingerprint density at radius 1 is 1.25 bits per heavy atom. The Kier molecular flexibility index (Phi) is 1.72.